The van der Waals surface area contributed by atoms with Crippen molar-refractivity contribution in [1.82, 2.24) is 4.90 Å². The molecule has 2 aromatic rings. The Morgan fingerprint density at radius 3 is 2.84 bits per heavy atom. The van der Waals surface area contributed by atoms with E-state index in [-0.39, 0.29) is 17.8 Å². The molecule has 0 radical (unpaired) electrons. The van der Waals surface area contributed by atoms with Gasteiger partial charge in [-0.25, -0.2) is 4.39 Å². The molecule has 1 amide bonds. The van der Waals surface area contributed by atoms with Crippen LogP contribution in [0.15, 0.2) is 61.2 Å². The van der Waals surface area contributed by atoms with E-state index in [1.54, 1.807) is 36.3 Å². The van der Waals surface area contributed by atoms with Crippen molar-refractivity contribution in [3.8, 4) is 11.5 Å². The molecule has 0 N–H and O–H groups in total. The fraction of sp³-hybridized carbons (Fsp3) is 0.320. The Kier molecular flexibility index (Phi) is 8.24. The minimum Gasteiger partial charge on any atom is -0.493 e. The number of amides is 1. The molecule has 1 heterocycles. The first kappa shape index (κ1) is 22.6. The number of methoxy groups -OCH3 is 1. The molecule has 3 rings (SSSR count). The Balaban J connectivity index is 1.77. The second-order valence-electron chi connectivity index (χ2n) is 7.29. The SMILES string of the molecule is C=CCOc1ccc(CN(CC2CCCO2)C(=O)/C=C/c2ccccc2F)cc1OC. The normalized spacial score (nSPS) is 15.7. The Labute approximate surface area is 182 Å². The highest BCUT2D eigenvalue weighted by Gasteiger charge is 2.22. The fourth-order valence-corrected chi connectivity index (χ4v) is 3.44. The van der Waals surface area contributed by atoms with E-state index >= 15 is 0 Å². The van der Waals surface area contributed by atoms with Gasteiger partial charge < -0.3 is 19.1 Å². The lowest BCUT2D eigenvalue weighted by Gasteiger charge is -2.25. The number of hydrogen-bond donors (Lipinski definition) is 0. The van der Waals surface area contributed by atoms with Gasteiger partial charge >= 0.3 is 0 Å². The third kappa shape index (κ3) is 6.43. The molecule has 0 spiro atoms. The molecular weight excluding hydrogens is 397 g/mol. The smallest absolute Gasteiger partial charge is 0.246 e. The van der Waals surface area contributed by atoms with Crippen molar-refractivity contribution in [3.63, 3.8) is 0 Å². The summed E-state index contributed by atoms with van der Waals surface area (Å²) >= 11 is 0. The van der Waals surface area contributed by atoms with Crippen LogP contribution in [-0.2, 0) is 16.1 Å². The second-order valence-corrected chi connectivity index (χ2v) is 7.29. The number of benzene rings is 2. The zero-order valence-electron chi connectivity index (χ0n) is 17.8. The molecule has 1 saturated heterocycles. The second kappa shape index (κ2) is 11.3. The summed E-state index contributed by atoms with van der Waals surface area (Å²) in [5.41, 5.74) is 1.27. The highest BCUT2D eigenvalue weighted by atomic mass is 19.1. The van der Waals surface area contributed by atoms with Crippen molar-refractivity contribution in [2.75, 3.05) is 26.9 Å². The number of halogens is 1. The van der Waals surface area contributed by atoms with Crippen LogP contribution in [0.25, 0.3) is 6.08 Å². The first-order valence-electron chi connectivity index (χ1n) is 10.3. The summed E-state index contributed by atoms with van der Waals surface area (Å²) in [7, 11) is 1.58. The van der Waals surface area contributed by atoms with Crippen molar-refractivity contribution in [3.05, 3.63) is 78.1 Å². The van der Waals surface area contributed by atoms with Gasteiger partial charge in [-0.05, 0) is 42.7 Å². The van der Waals surface area contributed by atoms with E-state index < -0.39 is 0 Å². The van der Waals surface area contributed by atoms with Crippen LogP contribution in [0.5, 0.6) is 11.5 Å². The Morgan fingerprint density at radius 2 is 2.13 bits per heavy atom. The van der Waals surface area contributed by atoms with Gasteiger partial charge in [0.1, 0.15) is 12.4 Å². The van der Waals surface area contributed by atoms with Crippen LogP contribution in [-0.4, -0.2) is 43.8 Å². The maximum Gasteiger partial charge on any atom is 0.246 e. The van der Waals surface area contributed by atoms with Crippen LogP contribution in [0.4, 0.5) is 4.39 Å². The van der Waals surface area contributed by atoms with Gasteiger partial charge in [0, 0.05) is 31.3 Å². The summed E-state index contributed by atoms with van der Waals surface area (Å²) in [5.74, 6) is 0.634. The topological polar surface area (TPSA) is 48.0 Å². The minimum absolute atomic E-state index is 0.00269. The average molecular weight is 426 g/mol. The van der Waals surface area contributed by atoms with Crippen LogP contribution in [0.2, 0.25) is 0 Å². The molecule has 0 bridgehead atoms. The van der Waals surface area contributed by atoms with Crippen molar-refractivity contribution in [2.45, 2.75) is 25.5 Å². The quantitative estimate of drug-likeness (QED) is 0.412. The molecule has 164 valence electrons. The number of ether oxygens (including phenoxy) is 3. The average Bonchev–Trinajstić information content (AvgIpc) is 3.30. The first-order valence-corrected chi connectivity index (χ1v) is 10.3. The third-order valence-electron chi connectivity index (χ3n) is 5.03. The van der Waals surface area contributed by atoms with Gasteiger partial charge in [0.2, 0.25) is 5.91 Å². The van der Waals surface area contributed by atoms with E-state index in [0.717, 1.165) is 18.4 Å². The third-order valence-corrected chi connectivity index (χ3v) is 5.03. The van der Waals surface area contributed by atoms with Gasteiger partial charge in [0.05, 0.1) is 13.2 Å². The van der Waals surface area contributed by atoms with Gasteiger partial charge in [-0.1, -0.05) is 36.9 Å². The first-order chi connectivity index (χ1) is 15.1. The zero-order chi connectivity index (χ0) is 22.1. The summed E-state index contributed by atoms with van der Waals surface area (Å²) in [6.07, 6.45) is 6.48. The molecule has 31 heavy (non-hydrogen) atoms. The molecule has 6 heteroatoms. The van der Waals surface area contributed by atoms with Crippen LogP contribution in [0.1, 0.15) is 24.0 Å². The van der Waals surface area contributed by atoms with E-state index in [1.807, 2.05) is 18.2 Å². The van der Waals surface area contributed by atoms with E-state index in [0.29, 0.717) is 43.4 Å². The summed E-state index contributed by atoms with van der Waals surface area (Å²) < 4.78 is 30.7. The number of hydrogen-bond acceptors (Lipinski definition) is 4. The van der Waals surface area contributed by atoms with E-state index in [2.05, 4.69) is 6.58 Å². The van der Waals surface area contributed by atoms with Crippen LogP contribution in [0.3, 0.4) is 0 Å². The number of rotatable bonds is 10. The molecule has 5 nitrogen and oxygen atoms in total. The van der Waals surface area contributed by atoms with Gasteiger partial charge in [-0.2, -0.15) is 0 Å². The van der Waals surface area contributed by atoms with Crippen molar-refractivity contribution >= 4 is 12.0 Å². The Hall–Kier alpha value is -3.12. The molecule has 1 fully saturated rings. The summed E-state index contributed by atoms with van der Waals surface area (Å²) in [6, 6.07) is 11.9. The van der Waals surface area contributed by atoms with Crippen molar-refractivity contribution in [2.24, 2.45) is 0 Å². The van der Waals surface area contributed by atoms with Gasteiger partial charge in [-0.15, -0.1) is 0 Å². The molecule has 1 unspecified atom stereocenters. The fourth-order valence-electron chi connectivity index (χ4n) is 3.44. The summed E-state index contributed by atoms with van der Waals surface area (Å²) in [4.78, 5) is 14.7. The number of carbonyl (C=O) groups excluding carboxylic acids is 1. The Bertz CT molecular complexity index is 921. The summed E-state index contributed by atoms with van der Waals surface area (Å²) in [5, 5.41) is 0. The maximum atomic E-state index is 13.9. The highest BCUT2D eigenvalue weighted by Crippen LogP contribution is 2.29. The number of carbonyl (C=O) groups is 1. The lowest BCUT2D eigenvalue weighted by molar-refractivity contribution is -0.128. The maximum absolute atomic E-state index is 13.9. The zero-order valence-corrected chi connectivity index (χ0v) is 17.8. The predicted octanol–water partition coefficient (Wildman–Crippen LogP) is 4.62. The monoisotopic (exact) mass is 425 g/mol. The predicted molar refractivity (Wildman–Crippen MR) is 119 cm³/mol. The van der Waals surface area contributed by atoms with Gasteiger partial charge in [-0.3, -0.25) is 4.79 Å². The van der Waals surface area contributed by atoms with Crippen LogP contribution in [0, 0.1) is 5.82 Å². The standard InChI is InChI=1S/C25H28FNO4/c1-3-14-31-23-12-10-19(16-24(23)29-2)17-27(18-21-8-6-15-30-21)25(28)13-11-20-7-4-5-9-22(20)26/h3-5,7,9-13,16,21H,1,6,8,14-15,17-18H2,2H3/b13-11+. The largest absolute Gasteiger partial charge is 0.493 e. The van der Waals surface area contributed by atoms with Gasteiger partial charge in [0.15, 0.2) is 11.5 Å². The Morgan fingerprint density at radius 1 is 1.29 bits per heavy atom. The minimum atomic E-state index is -0.364. The molecular formula is C25H28FNO4. The molecule has 0 saturated carbocycles. The molecule has 1 aliphatic rings. The summed E-state index contributed by atoms with van der Waals surface area (Å²) in [6.45, 7) is 5.58. The van der Waals surface area contributed by atoms with E-state index in [1.165, 1.54) is 18.2 Å². The van der Waals surface area contributed by atoms with E-state index in [9.17, 15) is 9.18 Å². The molecule has 2 aromatic carbocycles. The lowest BCUT2D eigenvalue weighted by atomic mass is 10.1. The van der Waals surface area contributed by atoms with Crippen molar-refractivity contribution in [1.29, 1.82) is 0 Å². The van der Waals surface area contributed by atoms with Crippen LogP contribution < -0.4 is 9.47 Å². The number of nitrogens with zero attached hydrogens (tertiary/aromatic N) is 1. The van der Waals surface area contributed by atoms with Gasteiger partial charge in [0.25, 0.3) is 0 Å². The molecule has 0 aliphatic carbocycles. The lowest BCUT2D eigenvalue weighted by Crippen LogP contribution is -2.35. The van der Waals surface area contributed by atoms with E-state index in [4.69, 9.17) is 14.2 Å². The molecule has 1 atom stereocenters. The molecule has 1 aliphatic heterocycles. The van der Waals surface area contributed by atoms with Crippen LogP contribution >= 0.6 is 0 Å². The van der Waals surface area contributed by atoms with Crippen molar-refractivity contribution < 1.29 is 23.4 Å². The molecule has 0 aromatic heterocycles. The highest BCUT2D eigenvalue weighted by molar-refractivity contribution is 5.91.